The van der Waals surface area contributed by atoms with Crippen LogP contribution in [0.15, 0.2) is 29.2 Å². The van der Waals surface area contributed by atoms with Crippen LogP contribution in [0.4, 0.5) is 0 Å². The minimum Gasteiger partial charge on any atom is -0.744 e. The second-order valence-electron chi connectivity index (χ2n) is 2.67. The molecule has 16 heavy (non-hydrogen) atoms. The molecule has 0 radical (unpaired) electrons. The van der Waals surface area contributed by atoms with Crippen LogP contribution in [0.3, 0.4) is 0 Å². The minimum atomic E-state index is -4.65. The predicted molar refractivity (Wildman–Crippen MR) is 50.4 cm³/mol. The minimum absolute atomic E-state index is 0. The summed E-state index contributed by atoms with van der Waals surface area (Å²) in [5.74, 6) is -0.812. The molecule has 0 saturated carbocycles. The Morgan fingerprint density at radius 3 is 2.44 bits per heavy atom. The van der Waals surface area contributed by atoms with Crippen LogP contribution in [-0.2, 0) is 14.9 Å². The largest absolute Gasteiger partial charge is 1.00 e. The molecule has 0 saturated heterocycles. The molecule has 1 aromatic carbocycles. The van der Waals surface area contributed by atoms with Gasteiger partial charge in [-0.3, -0.25) is 0 Å². The van der Waals surface area contributed by atoms with E-state index in [4.69, 9.17) is 0 Å². The SMILES string of the molecule is CCOC(=O)c1ccccc1S(=O)(=O)[O-].[Li+]. The third-order valence-electron chi connectivity index (χ3n) is 1.65. The average molecular weight is 236 g/mol. The standard InChI is InChI=1S/C9H10O5S.Li/c1-2-14-9(10)7-5-3-4-6-8(7)15(11,12)13;/h3-6H,2H2,1H3,(H,11,12,13);/q;+1/p-1. The molecule has 0 bridgehead atoms. The monoisotopic (exact) mass is 236 g/mol. The van der Waals surface area contributed by atoms with Crippen molar-refractivity contribution in [2.45, 2.75) is 11.8 Å². The molecule has 1 aromatic rings. The number of carbonyl (C=O) groups excluding carboxylic acids is 1. The van der Waals surface area contributed by atoms with Crippen LogP contribution in [0.1, 0.15) is 17.3 Å². The van der Waals surface area contributed by atoms with Crippen LogP contribution in [0.25, 0.3) is 0 Å². The van der Waals surface area contributed by atoms with Gasteiger partial charge in [-0.15, -0.1) is 0 Å². The molecule has 0 unspecified atom stereocenters. The zero-order valence-electron chi connectivity index (χ0n) is 8.97. The van der Waals surface area contributed by atoms with E-state index in [-0.39, 0.29) is 31.0 Å². The van der Waals surface area contributed by atoms with E-state index in [9.17, 15) is 17.8 Å². The average Bonchev–Trinajstić information content (AvgIpc) is 2.17. The smallest absolute Gasteiger partial charge is 0.744 e. The topological polar surface area (TPSA) is 83.5 Å². The fourth-order valence-electron chi connectivity index (χ4n) is 1.06. The maximum absolute atomic E-state index is 11.3. The molecular formula is C9H9LiO5S. The molecule has 1 rings (SSSR count). The molecule has 0 aliphatic carbocycles. The molecule has 0 atom stereocenters. The summed E-state index contributed by atoms with van der Waals surface area (Å²) >= 11 is 0. The fraction of sp³-hybridized carbons (Fsp3) is 0.222. The summed E-state index contributed by atoms with van der Waals surface area (Å²) in [5, 5.41) is 0. The molecule has 0 aliphatic heterocycles. The Hall–Kier alpha value is -0.803. The van der Waals surface area contributed by atoms with E-state index >= 15 is 0 Å². The van der Waals surface area contributed by atoms with Gasteiger partial charge in [0.05, 0.1) is 17.1 Å². The summed E-state index contributed by atoms with van der Waals surface area (Å²) in [6, 6.07) is 5.14. The maximum Gasteiger partial charge on any atom is 1.00 e. The van der Waals surface area contributed by atoms with Gasteiger partial charge < -0.3 is 9.29 Å². The molecular weight excluding hydrogens is 227 g/mol. The zero-order chi connectivity index (χ0) is 11.5. The summed E-state index contributed by atoms with van der Waals surface area (Å²) in [4.78, 5) is 10.7. The van der Waals surface area contributed by atoms with Crippen LogP contribution in [0.2, 0.25) is 0 Å². The van der Waals surface area contributed by atoms with Gasteiger partial charge in [0.25, 0.3) is 0 Å². The molecule has 0 spiro atoms. The van der Waals surface area contributed by atoms with E-state index in [1.807, 2.05) is 0 Å². The molecule has 0 aliphatic rings. The number of ether oxygens (including phenoxy) is 1. The van der Waals surface area contributed by atoms with Crippen molar-refractivity contribution in [3.63, 3.8) is 0 Å². The second-order valence-corrected chi connectivity index (χ2v) is 4.02. The van der Waals surface area contributed by atoms with Crippen molar-refractivity contribution in [2.24, 2.45) is 0 Å². The van der Waals surface area contributed by atoms with Crippen molar-refractivity contribution in [1.82, 2.24) is 0 Å². The second kappa shape index (κ2) is 6.06. The van der Waals surface area contributed by atoms with E-state index in [1.54, 1.807) is 6.92 Å². The van der Waals surface area contributed by atoms with Crippen LogP contribution < -0.4 is 18.9 Å². The van der Waals surface area contributed by atoms with E-state index in [0.29, 0.717) is 0 Å². The molecule has 82 valence electrons. The van der Waals surface area contributed by atoms with Gasteiger partial charge in [-0.05, 0) is 19.1 Å². The number of carbonyl (C=O) groups is 1. The van der Waals surface area contributed by atoms with Crippen LogP contribution in [0.5, 0.6) is 0 Å². The molecule has 7 heteroatoms. The third kappa shape index (κ3) is 3.65. The first-order chi connectivity index (χ1) is 6.96. The number of hydrogen-bond donors (Lipinski definition) is 0. The van der Waals surface area contributed by atoms with E-state index < -0.39 is 21.0 Å². The van der Waals surface area contributed by atoms with Gasteiger partial charge in [0.15, 0.2) is 0 Å². The number of hydrogen-bond acceptors (Lipinski definition) is 5. The van der Waals surface area contributed by atoms with Gasteiger partial charge in [0.1, 0.15) is 10.1 Å². The molecule has 0 amide bonds. The number of benzene rings is 1. The van der Waals surface area contributed by atoms with Gasteiger partial charge >= 0.3 is 24.8 Å². The van der Waals surface area contributed by atoms with Crippen molar-refractivity contribution in [1.29, 1.82) is 0 Å². The Balaban J connectivity index is 0.00000225. The summed E-state index contributed by atoms with van der Waals surface area (Å²) < 4.78 is 37.0. The predicted octanol–water partition coefficient (Wildman–Crippen LogP) is -2.23. The summed E-state index contributed by atoms with van der Waals surface area (Å²) in [5.41, 5.74) is -0.227. The fourth-order valence-corrected chi connectivity index (χ4v) is 1.73. The first-order valence-corrected chi connectivity index (χ1v) is 5.59. The van der Waals surface area contributed by atoms with Crippen LogP contribution in [0, 0.1) is 0 Å². The van der Waals surface area contributed by atoms with Crippen molar-refractivity contribution in [3.8, 4) is 0 Å². The summed E-state index contributed by atoms with van der Waals surface area (Å²) in [7, 11) is -4.65. The van der Waals surface area contributed by atoms with Crippen molar-refractivity contribution in [2.75, 3.05) is 6.61 Å². The Labute approximate surface area is 106 Å². The van der Waals surface area contributed by atoms with E-state index in [2.05, 4.69) is 4.74 Å². The number of rotatable bonds is 3. The molecule has 5 nitrogen and oxygen atoms in total. The van der Waals surface area contributed by atoms with Crippen LogP contribution in [-0.4, -0.2) is 25.5 Å². The van der Waals surface area contributed by atoms with Crippen molar-refractivity contribution >= 4 is 16.1 Å². The molecule has 0 fully saturated rings. The Morgan fingerprint density at radius 2 is 1.94 bits per heavy atom. The maximum atomic E-state index is 11.3. The first-order valence-electron chi connectivity index (χ1n) is 4.19. The van der Waals surface area contributed by atoms with Gasteiger partial charge in [0, 0.05) is 0 Å². The van der Waals surface area contributed by atoms with Crippen molar-refractivity contribution < 1.29 is 41.4 Å². The van der Waals surface area contributed by atoms with Gasteiger partial charge in [0.2, 0.25) is 0 Å². The summed E-state index contributed by atoms with van der Waals surface area (Å²) in [6.45, 7) is 1.71. The van der Waals surface area contributed by atoms with E-state index in [0.717, 1.165) is 6.07 Å². The Bertz CT molecular complexity index is 469. The quantitative estimate of drug-likeness (QED) is 0.337. The summed E-state index contributed by atoms with van der Waals surface area (Å²) in [6.07, 6.45) is 0. The Kier molecular flexibility index (Phi) is 5.76. The molecule has 0 N–H and O–H groups in total. The van der Waals surface area contributed by atoms with Gasteiger partial charge in [-0.2, -0.15) is 0 Å². The van der Waals surface area contributed by atoms with E-state index in [1.165, 1.54) is 18.2 Å². The first kappa shape index (κ1) is 15.2. The zero-order valence-corrected chi connectivity index (χ0v) is 9.78. The normalized spacial score (nSPS) is 10.4. The van der Waals surface area contributed by atoms with Crippen molar-refractivity contribution in [3.05, 3.63) is 29.8 Å². The van der Waals surface area contributed by atoms with Crippen LogP contribution >= 0.6 is 0 Å². The molecule has 0 heterocycles. The van der Waals surface area contributed by atoms with Gasteiger partial charge in [-0.25, -0.2) is 13.2 Å². The molecule has 0 aromatic heterocycles. The number of esters is 1. The third-order valence-corrected chi connectivity index (χ3v) is 2.55. The Morgan fingerprint density at radius 1 is 1.38 bits per heavy atom. The van der Waals surface area contributed by atoms with Gasteiger partial charge in [-0.1, -0.05) is 12.1 Å².